The van der Waals surface area contributed by atoms with E-state index in [1.54, 1.807) is 24.3 Å². The minimum absolute atomic E-state index is 0.236. The van der Waals surface area contributed by atoms with Crippen LogP contribution in [0.5, 0.6) is 0 Å². The minimum atomic E-state index is -0.493. The van der Waals surface area contributed by atoms with Crippen molar-refractivity contribution in [1.29, 1.82) is 0 Å². The van der Waals surface area contributed by atoms with Crippen LogP contribution < -0.4 is 10.2 Å². The normalized spacial score (nSPS) is 15.7. The largest absolute Gasteiger partial charge is 0.329 e. The highest BCUT2D eigenvalue weighted by Gasteiger charge is 2.26. The first-order valence-corrected chi connectivity index (χ1v) is 5.74. The van der Waals surface area contributed by atoms with Crippen molar-refractivity contribution < 1.29 is 14.4 Å². The molecule has 1 saturated heterocycles. The highest BCUT2D eigenvalue weighted by molar-refractivity contribution is 6.05. The van der Waals surface area contributed by atoms with Crippen molar-refractivity contribution in [1.82, 2.24) is 14.9 Å². The molecule has 1 fully saturated rings. The highest BCUT2D eigenvalue weighted by Crippen LogP contribution is 2.18. The third-order valence-electron chi connectivity index (χ3n) is 2.95. The van der Waals surface area contributed by atoms with Gasteiger partial charge in [-0.2, -0.15) is 0 Å². The van der Waals surface area contributed by atoms with Crippen molar-refractivity contribution in [3.63, 3.8) is 0 Å². The highest BCUT2D eigenvalue weighted by atomic mass is 16.2. The second kappa shape index (κ2) is 4.20. The van der Waals surface area contributed by atoms with E-state index in [0.29, 0.717) is 23.3 Å². The van der Waals surface area contributed by atoms with Gasteiger partial charge in [-0.05, 0) is 12.1 Å². The van der Waals surface area contributed by atoms with Crippen LogP contribution >= 0.6 is 0 Å². The summed E-state index contributed by atoms with van der Waals surface area (Å²) >= 11 is 0. The lowest BCUT2D eigenvalue weighted by atomic mass is 10.3. The molecular formula is C12H10N4O3. The van der Waals surface area contributed by atoms with Crippen LogP contribution in [0.2, 0.25) is 0 Å². The van der Waals surface area contributed by atoms with Gasteiger partial charge in [0.25, 0.3) is 0 Å². The average molecular weight is 258 g/mol. The van der Waals surface area contributed by atoms with Gasteiger partial charge in [0, 0.05) is 19.0 Å². The number of imide groups is 1. The number of aldehydes is 1. The molecule has 3 amide bonds. The molecule has 0 saturated carbocycles. The predicted octanol–water partition coefficient (Wildman–Crippen LogP) is 0.593. The van der Waals surface area contributed by atoms with E-state index in [-0.39, 0.29) is 18.9 Å². The Morgan fingerprint density at radius 3 is 2.89 bits per heavy atom. The Bertz CT molecular complexity index is 691. The number of carbonyl (C=O) groups is 3. The fourth-order valence-electron chi connectivity index (χ4n) is 2.03. The number of nitrogens with zero attached hydrogens (tertiary/aromatic N) is 3. The van der Waals surface area contributed by atoms with Crippen LogP contribution in [-0.2, 0) is 4.79 Å². The van der Waals surface area contributed by atoms with E-state index in [0.717, 1.165) is 0 Å². The first kappa shape index (κ1) is 11.4. The topological polar surface area (TPSA) is 83.8 Å². The van der Waals surface area contributed by atoms with E-state index >= 15 is 0 Å². The van der Waals surface area contributed by atoms with Crippen molar-refractivity contribution in [2.24, 2.45) is 0 Å². The van der Waals surface area contributed by atoms with Gasteiger partial charge in [0.2, 0.25) is 5.91 Å². The van der Waals surface area contributed by atoms with Gasteiger partial charge in [0.15, 0.2) is 12.1 Å². The number of hydrogen-bond donors (Lipinski definition) is 1. The number of aromatic nitrogens is 2. The summed E-state index contributed by atoms with van der Waals surface area (Å²) < 4.78 is 1.46. The third-order valence-corrected chi connectivity index (χ3v) is 2.95. The molecule has 0 aliphatic carbocycles. The van der Waals surface area contributed by atoms with Crippen LogP contribution in [0, 0.1) is 0 Å². The van der Waals surface area contributed by atoms with Gasteiger partial charge >= 0.3 is 6.03 Å². The molecule has 1 N–H and O–H groups in total. The standard InChI is InChI=1S/C12H10N4O3/c17-7-9-3-1-2-8-6-10(14-16(8)9)15-5-4-11(18)13-12(15)19/h1-3,6-7H,4-5H2,(H,13,18,19). The Hall–Kier alpha value is -2.70. The molecular weight excluding hydrogens is 248 g/mol. The lowest BCUT2D eigenvalue weighted by molar-refractivity contribution is -0.120. The SMILES string of the molecule is O=Cc1cccc2cc(N3CCC(=O)NC3=O)nn12. The maximum atomic E-state index is 11.7. The summed E-state index contributed by atoms with van der Waals surface area (Å²) in [6.45, 7) is 0.283. The number of pyridine rings is 1. The lowest BCUT2D eigenvalue weighted by Crippen LogP contribution is -2.49. The summed E-state index contributed by atoms with van der Waals surface area (Å²) in [6, 6.07) is 6.37. The Morgan fingerprint density at radius 1 is 1.32 bits per heavy atom. The number of hydrogen-bond acceptors (Lipinski definition) is 4. The first-order chi connectivity index (χ1) is 9.19. The zero-order chi connectivity index (χ0) is 13.4. The first-order valence-electron chi connectivity index (χ1n) is 5.74. The molecule has 1 aliphatic heterocycles. The molecule has 0 unspecified atom stereocenters. The molecule has 0 spiro atoms. The molecule has 2 aromatic rings. The summed E-state index contributed by atoms with van der Waals surface area (Å²) in [5.41, 5.74) is 1.11. The van der Waals surface area contributed by atoms with Crippen molar-refractivity contribution >= 4 is 29.6 Å². The number of nitrogens with one attached hydrogen (secondary N) is 1. The van der Waals surface area contributed by atoms with Gasteiger partial charge in [0.1, 0.15) is 5.69 Å². The zero-order valence-electron chi connectivity index (χ0n) is 9.87. The van der Waals surface area contributed by atoms with E-state index in [1.807, 2.05) is 0 Å². The van der Waals surface area contributed by atoms with Gasteiger partial charge in [-0.3, -0.25) is 19.8 Å². The Labute approximate surface area is 107 Å². The Balaban J connectivity index is 2.04. The van der Waals surface area contributed by atoms with Crippen molar-refractivity contribution in [3.05, 3.63) is 30.0 Å². The molecule has 0 radical (unpaired) electrons. The van der Waals surface area contributed by atoms with Gasteiger partial charge in [0.05, 0.1) is 5.52 Å². The minimum Gasteiger partial charge on any atom is -0.296 e. The molecule has 0 aromatic carbocycles. The van der Waals surface area contributed by atoms with Gasteiger partial charge < -0.3 is 0 Å². The third kappa shape index (κ3) is 1.85. The maximum absolute atomic E-state index is 11.7. The summed E-state index contributed by atoms with van der Waals surface area (Å²) in [7, 11) is 0. The number of rotatable bonds is 2. The van der Waals surface area contributed by atoms with Crippen LogP contribution in [0.15, 0.2) is 24.3 Å². The number of amides is 3. The fraction of sp³-hybridized carbons (Fsp3) is 0.167. The van der Waals surface area contributed by atoms with Crippen LogP contribution in [0.4, 0.5) is 10.6 Å². The van der Waals surface area contributed by atoms with E-state index in [4.69, 9.17) is 0 Å². The molecule has 19 heavy (non-hydrogen) atoms. The lowest BCUT2D eigenvalue weighted by Gasteiger charge is -2.23. The quantitative estimate of drug-likeness (QED) is 0.799. The summed E-state index contributed by atoms with van der Waals surface area (Å²) in [5.74, 6) is 0.123. The molecule has 2 aromatic heterocycles. The second-order valence-corrected chi connectivity index (χ2v) is 4.16. The van der Waals surface area contributed by atoms with Crippen molar-refractivity contribution in [3.8, 4) is 0 Å². The molecule has 7 heteroatoms. The van der Waals surface area contributed by atoms with E-state index < -0.39 is 6.03 Å². The van der Waals surface area contributed by atoms with Gasteiger partial charge in [-0.25, -0.2) is 9.31 Å². The smallest absolute Gasteiger partial charge is 0.296 e. The van der Waals surface area contributed by atoms with Crippen LogP contribution in [0.1, 0.15) is 16.9 Å². The van der Waals surface area contributed by atoms with E-state index in [1.165, 1.54) is 9.42 Å². The summed E-state index contributed by atoms with van der Waals surface area (Å²) in [5, 5.41) is 6.45. The monoisotopic (exact) mass is 258 g/mol. The number of anilines is 1. The van der Waals surface area contributed by atoms with E-state index in [2.05, 4.69) is 10.4 Å². The molecule has 3 heterocycles. The van der Waals surface area contributed by atoms with Crippen molar-refractivity contribution in [2.75, 3.05) is 11.4 Å². The molecule has 0 atom stereocenters. The molecule has 0 bridgehead atoms. The Kier molecular flexibility index (Phi) is 2.52. The number of fused-ring (bicyclic) bond motifs is 1. The van der Waals surface area contributed by atoms with Crippen molar-refractivity contribution in [2.45, 2.75) is 6.42 Å². The summed E-state index contributed by atoms with van der Waals surface area (Å²) in [6.07, 6.45) is 0.934. The number of urea groups is 1. The average Bonchev–Trinajstić information content (AvgIpc) is 2.81. The number of carbonyl (C=O) groups excluding carboxylic acids is 3. The summed E-state index contributed by atoms with van der Waals surface area (Å²) in [4.78, 5) is 35.1. The Morgan fingerprint density at radius 2 is 2.16 bits per heavy atom. The fourth-order valence-corrected chi connectivity index (χ4v) is 2.03. The zero-order valence-corrected chi connectivity index (χ0v) is 9.87. The van der Waals surface area contributed by atoms with Crippen LogP contribution in [0.3, 0.4) is 0 Å². The van der Waals surface area contributed by atoms with Gasteiger partial charge in [-0.1, -0.05) is 6.07 Å². The van der Waals surface area contributed by atoms with Crippen LogP contribution in [0.25, 0.3) is 5.52 Å². The van der Waals surface area contributed by atoms with E-state index in [9.17, 15) is 14.4 Å². The maximum Gasteiger partial charge on any atom is 0.329 e. The second-order valence-electron chi connectivity index (χ2n) is 4.16. The predicted molar refractivity (Wildman–Crippen MR) is 66.1 cm³/mol. The van der Waals surface area contributed by atoms with Gasteiger partial charge in [-0.15, -0.1) is 5.10 Å². The molecule has 96 valence electrons. The molecule has 1 aliphatic rings. The molecule has 7 nitrogen and oxygen atoms in total. The van der Waals surface area contributed by atoms with Crippen LogP contribution in [-0.4, -0.2) is 34.4 Å². The molecule has 3 rings (SSSR count).